The first kappa shape index (κ1) is 9.07. The first-order valence-corrected chi connectivity index (χ1v) is 4.04. The fourth-order valence-corrected chi connectivity index (χ4v) is 1.09. The number of nitrogens with one attached hydrogen (secondary N) is 1. The number of ether oxygens (including phenoxy) is 1. The molecular formula is C10H15NO. The van der Waals surface area contributed by atoms with Crippen LogP contribution in [0, 0.1) is 13.8 Å². The van der Waals surface area contributed by atoms with Gasteiger partial charge >= 0.3 is 0 Å². The third-order valence-corrected chi connectivity index (χ3v) is 2.01. The first-order chi connectivity index (χ1) is 5.75. The van der Waals surface area contributed by atoms with Crippen LogP contribution in [0.25, 0.3) is 0 Å². The van der Waals surface area contributed by atoms with Crippen molar-refractivity contribution in [3.63, 3.8) is 0 Å². The lowest BCUT2D eigenvalue weighted by atomic mass is 10.1. The maximum atomic E-state index is 4.93. The van der Waals surface area contributed by atoms with E-state index >= 15 is 0 Å². The van der Waals surface area contributed by atoms with E-state index in [0.29, 0.717) is 6.73 Å². The molecule has 0 unspecified atom stereocenters. The van der Waals surface area contributed by atoms with Crippen molar-refractivity contribution >= 4 is 5.69 Å². The monoisotopic (exact) mass is 165 g/mol. The molecule has 2 nitrogen and oxygen atoms in total. The highest BCUT2D eigenvalue weighted by Gasteiger charge is 1.97. The van der Waals surface area contributed by atoms with Gasteiger partial charge in [0.15, 0.2) is 0 Å². The molecule has 0 saturated carbocycles. The summed E-state index contributed by atoms with van der Waals surface area (Å²) in [6.07, 6.45) is 0. The molecule has 0 aliphatic rings. The first-order valence-electron chi connectivity index (χ1n) is 4.04. The minimum Gasteiger partial charge on any atom is -0.365 e. The highest BCUT2D eigenvalue weighted by atomic mass is 16.5. The Morgan fingerprint density at radius 1 is 1.33 bits per heavy atom. The van der Waals surface area contributed by atoms with Gasteiger partial charge in [-0.15, -0.1) is 0 Å². The lowest BCUT2D eigenvalue weighted by Gasteiger charge is -2.09. The Morgan fingerprint density at radius 3 is 2.75 bits per heavy atom. The van der Waals surface area contributed by atoms with Gasteiger partial charge in [-0.2, -0.15) is 0 Å². The molecule has 0 aliphatic heterocycles. The normalized spacial score (nSPS) is 9.92. The summed E-state index contributed by atoms with van der Waals surface area (Å²) in [7, 11) is 1.68. The minimum absolute atomic E-state index is 0.560. The van der Waals surface area contributed by atoms with E-state index in [-0.39, 0.29) is 0 Å². The van der Waals surface area contributed by atoms with Gasteiger partial charge in [0.05, 0.1) is 0 Å². The summed E-state index contributed by atoms with van der Waals surface area (Å²) in [5, 5.41) is 3.18. The zero-order chi connectivity index (χ0) is 8.97. The van der Waals surface area contributed by atoms with Crippen molar-refractivity contribution < 1.29 is 4.74 Å². The summed E-state index contributed by atoms with van der Waals surface area (Å²) < 4.78 is 4.93. The highest BCUT2D eigenvalue weighted by molar-refractivity contribution is 5.53. The molecule has 0 atom stereocenters. The van der Waals surface area contributed by atoms with Gasteiger partial charge in [-0.05, 0) is 31.0 Å². The molecule has 0 amide bonds. The molecule has 1 aromatic carbocycles. The average molecular weight is 165 g/mol. The molecule has 2 heteroatoms. The van der Waals surface area contributed by atoms with E-state index in [1.807, 2.05) is 6.07 Å². The molecule has 0 heterocycles. The molecule has 0 bridgehead atoms. The number of rotatable bonds is 3. The molecule has 1 rings (SSSR count). The zero-order valence-electron chi connectivity index (χ0n) is 7.85. The Morgan fingerprint density at radius 2 is 2.08 bits per heavy atom. The summed E-state index contributed by atoms with van der Waals surface area (Å²) in [6, 6.07) is 6.20. The summed E-state index contributed by atoms with van der Waals surface area (Å²) in [4.78, 5) is 0. The van der Waals surface area contributed by atoms with Crippen molar-refractivity contribution in [1.82, 2.24) is 0 Å². The third kappa shape index (κ3) is 1.98. The van der Waals surface area contributed by atoms with Crippen LogP contribution in [0.15, 0.2) is 18.2 Å². The predicted octanol–water partition coefficient (Wildman–Crippen LogP) is 2.32. The molecule has 0 aliphatic carbocycles. The topological polar surface area (TPSA) is 21.3 Å². The second kappa shape index (κ2) is 4.12. The van der Waals surface area contributed by atoms with Crippen molar-refractivity contribution in [1.29, 1.82) is 0 Å². The van der Waals surface area contributed by atoms with Gasteiger partial charge in [-0.1, -0.05) is 12.1 Å². The molecule has 0 spiro atoms. The van der Waals surface area contributed by atoms with Gasteiger partial charge in [0, 0.05) is 12.8 Å². The summed E-state index contributed by atoms with van der Waals surface area (Å²) in [6.45, 7) is 4.77. The third-order valence-electron chi connectivity index (χ3n) is 2.01. The average Bonchev–Trinajstić information content (AvgIpc) is 2.08. The standard InChI is InChI=1S/C10H15NO/c1-8-5-4-6-10(9(8)2)11-7-12-3/h4-6,11H,7H2,1-3H3. The maximum Gasteiger partial charge on any atom is 0.116 e. The van der Waals surface area contributed by atoms with Crippen molar-refractivity contribution in [3.8, 4) is 0 Å². The zero-order valence-corrected chi connectivity index (χ0v) is 7.85. The van der Waals surface area contributed by atoms with Crippen LogP contribution < -0.4 is 5.32 Å². The van der Waals surface area contributed by atoms with E-state index in [4.69, 9.17) is 4.74 Å². The van der Waals surface area contributed by atoms with Crippen LogP contribution in [-0.4, -0.2) is 13.8 Å². The molecule has 0 aromatic heterocycles. The second-order valence-corrected chi connectivity index (χ2v) is 2.86. The van der Waals surface area contributed by atoms with Gasteiger partial charge in [-0.25, -0.2) is 0 Å². The van der Waals surface area contributed by atoms with Crippen LogP contribution in [0.2, 0.25) is 0 Å². The van der Waals surface area contributed by atoms with Crippen LogP contribution in [0.1, 0.15) is 11.1 Å². The lowest BCUT2D eigenvalue weighted by molar-refractivity contribution is 0.221. The smallest absolute Gasteiger partial charge is 0.116 e. The Bertz CT molecular complexity index is 258. The van der Waals surface area contributed by atoms with Crippen molar-refractivity contribution in [2.45, 2.75) is 13.8 Å². The van der Waals surface area contributed by atoms with Gasteiger partial charge in [0.1, 0.15) is 6.73 Å². The van der Waals surface area contributed by atoms with Gasteiger partial charge in [-0.3, -0.25) is 0 Å². The number of anilines is 1. The SMILES string of the molecule is COCNc1cccc(C)c1C. The summed E-state index contributed by atoms with van der Waals surface area (Å²) in [5.74, 6) is 0. The van der Waals surface area contributed by atoms with Gasteiger partial charge in [0.25, 0.3) is 0 Å². The molecule has 0 fully saturated rings. The van der Waals surface area contributed by atoms with Gasteiger partial charge in [0.2, 0.25) is 0 Å². The molecule has 0 radical (unpaired) electrons. The number of hydrogen-bond donors (Lipinski definition) is 1. The van der Waals surface area contributed by atoms with Crippen LogP contribution in [0.5, 0.6) is 0 Å². The van der Waals surface area contributed by atoms with E-state index in [9.17, 15) is 0 Å². The molecule has 66 valence electrons. The minimum atomic E-state index is 0.560. The number of hydrogen-bond acceptors (Lipinski definition) is 2. The van der Waals surface area contributed by atoms with Crippen LogP contribution >= 0.6 is 0 Å². The van der Waals surface area contributed by atoms with Crippen LogP contribution in [-0.2, 0) is 4.74 Å². The Hall–Kier alpha value is -1.02. The lowest BCUT2D eigenvalue weighted by Crippen LogP contribution is -2.04. The number of benzene rings is 1. The van der Waals surface area contributed by atoms with Crippen molar-refractivity contribution in [2.24, 2.45) is 0 Å². The molecular weight excluding hydrogens is 150 g/mol. The fraction of sp³-hybridized carbons (Fsp3) is 0.400. The Kier molecular flexibility index (Phi) is 3.11. The summed E-state index contributed by atoms with van der Waals surface area (Å²) in [5.41, 5.74) is 3.74. The number of aryl methyl sites for hydroxylation is 1. The molecule has 12 heavy (non-hydrogen) atoms. The van der Waals surface area contributed by atoms with Crippen molar-refractivity contribution in [3.05, 3.63) is 29.3 Å². The highest BCUT2D eigenvalue weighted by Crippen LogP contribution is 2.17. The largest absolute Gasteiger partial charge is 0.365 e. The quantitative estimate of drug-likeness (QED) is 0.694. The molecule has 0 saturated heterocycles. The maximum absolute atomic E-state index is 4.93. The Balaban J connectivity index is 2.78. The van der Waals surface area contributed by atoms with Gasteiger partial charge < -0.3 is 10.1 Å². The Labute approximate surface area is 73.6 Å². The van der Waals surface area contributed by atoms with E-state index < -0.39 is 0 Å². The van der Waals surface area contributed by atoms with E-state index in [2.05, 4.69) is 31.3 Å². The van der Waals surface area contributed by atoms with Crippen molar-refractivity contribution in [2.75, 3.05) is 19.2 Å². The van der Waals surface area contributed by atoms with Crippen LogP contribution in [0.3, 0.4) is 0 Å². The van der Waals surface area contributed by atoms with E-state index in [0.717, 1.165) is 5.69 Å². The fourth-order valence-electron chi connectivity index (χ4n) is 1.09. The number of methoxy groups -OCH3 is 1. The second-order valence-electron chi connectivity index (χ2n) is 2.86. The predicted molar refractivity (Wildman–Crippen MR) is 51.4 cm³/mol. The van der Waals surface area contributed by atoms with E-state index in [1.165, 1.54) is 11.1 Å². The molecule has 1 N–H and O–H groups in total. The van der Waals surface area contributed by atoms with E-state index in [1.54, 1.807) is 7.11 Å². The summed E-state index contributed by atoms with van der Waals surface area (Å²) >= 11 is 0. The molecule has 1 aromatic rings. The van der Waals surface area contributed by atoms with Crippen LogP contribution in [0.4, 0.5) is 5.69 Å².